The van der Waals surface area contributed by atoms with Gasteiger partial charge in [-0.3, -0.25) is 14.3 Å². The first-order valence-electron chi connectivity index (χ1n) is 11.9. The third-order valence-electron chi connectivity index (χ3n) is 6.18. The highest BCUT2D eigenvalue weighted by Crippen LogP contribution is 2.33. The summed E-state index contributed by atoms with van der Waals surface area (Å²) in [5.74, 6) is -0.362. The maximum Gasteiger partial charge on any atom is 0.296 e. The van der Waals surface area contributed by atoms with Crippen LogP contribution in [0.3, 0.4) is 0 Å². The summed E-state index contributed by atoms with van der Waals surface area (Å²) >= 11 is 0. The third-order valence-corrected chi connectivity index (χ3v) is 7.97. The summed E-state index contributed by atoms with van der Waals surface area (Å²) in [5, 5.41) is 11.4. The number of hydrogen-bond donors (Lipinski definition) is 1. The van der Waals surface area contributed by atoms with E-state index in [2.05, 4.69) is 9.97 Å². The summed E-state index contributed by atoms with van der Waals surface area (Å²) in [6, 6.07) is 18.5. The van der Waals surface area contributed by atoms with Crippen LogP contribution in [-0.2, 0) is 21.0 Å². The first kappa shape index (κ1) is 26.2. The smallest absolute Gasteiger partial charge is 0.296 e. The molecule has 9 heteroatoms. The van der Waals surface area contributed by atoms with Crippen molar-refractivity contribution in [3.63, 3.8) is 0 Å². The second-order valence-electron chi connectivity index (χ2n) is 8.65. The minimum absolute atomic E-state index is 0.121. The van der Waals surface area contributed by atoms with Crippen LogP contribution in [-0.4, -0.2) is 41.8 Å². The van der Waals surface area contributed by atoms with Gasteiger partial charge >= 0.3 is 0 Å². The molecule has 2 heterocycles. The van der Waals surface area contributed by atoms with Crippen LogP contribution in [0, 0.1) is 6.92 Å². The second-order valence-corrected chi connectivity index (χ2v) is 10.5. The van der Waals surface area contributed by atoms with Gasteiger partial charge in [0.1, 0.15) is 5.82 Å². The summed E-state index contributed by atoms with van der Waals surface area (Å²) in [6.45, 7) is 3.92. The first-order chi connectivity index (χ1) is 17.8. The molecule has 0 saturated carbocycles. The summed E-state index contributed by atoms with van der Waals surface area (Å²) in [6.07, 6.45) is 2.70. The quantitative estimate of drug-likeness (QED) is 0.350. The van der Waals surface area contributed by atoms with E-state index in [0.717, 1.165) is 22.4 Å². The van der Waals surface area contributed by atoms with Crippen LogP contribution in [0.4, 0.5) is 0 Å². The predicted molar refractivity (Wildman–Crippen MR) is 140 cm³/mol. The molecule has 0 bridgehead atoms. The minimum atomic E-state index is -4.40. The maximum atomic E-state index is 13.7. The molecule has 0 amide bonds. The average Bonchev–Trinajstić information content (AvgIpc) is 2.89. The summed E-state index contributed by atoms with van der Waals surface area (Å²) in [5.41, 5.74) is 2.24. The number of methoxy groups -OCH3 is 1. The van der Waals surface area contributed by atoms with Gasteiger partial charge in [0.15, 0.2) is 4.90 Å². The highest BCUT2D eigenvalue weighted by Gasteiger charge is 2.32. The van der Waals surface area contributed by atoms with Crippen LogP contribution < -0.4 is 5.56 Å². The topological polar surface area (TPSA) is 111 Å². The molecule has 2 aromatic carbocycles. The van der Waals surface area contributed by atoms with Crippen LogP contribution in [0.5, 0.6) is 5.88 Å². The first-order valence-corrected chi connectivity index (χ1v) is 13.4. The van der Waals surface area contributed by atoms with E-state index in [-0.39, 0.29) is 17.3 Å². The summed E-state index contributed by atoms with van der Waals surface area (Å²) in [4.78, 5) is 20.6. The van der Waals surface area contributed by atoms with Crippen molar-refractivity contribution in [1.29, 1.82) is 0 Å². The standard InChI is InChI=1S/C28H29N3O5S/c1-4-9-25-30-27(32)26(28(33)31(25)24(18-36-3)21-10-6-5-7-11-21)37(34,35)22-15-13-20(14-16-22)23-12-8-17-29-19(23)2/h5-8,10-17,24,33H,4,9,18H2,1-3H3. The second kappa shape index (κ2) is 11.1. The van der Waals surface area contributed by atoms with E-state index >= 15 is 0 Å². The molecule has 1 atom stereocenters. The highest BCUT2D eigenvalue weighted by atomic mass is 32.2. The number of hydrogen-bond acceptors (Lipinski definition) is 7. The molecule has 2 aromatic heterocycles. The van der Waals surface area contributed by atoms with Crippen molar-refractivity contribution in [1.82, 2.24) is 14.5 Å². The molecule has 0 saturated heterocycles. The van der Waals surface area contributed by atoms with E-state index < -0.39 is 32.2 Å². The van der Waals surface area contributed by atoms with Crippen LogP contribution in [0.1, 0.15) is 36.5 Å². The van der Waals surface area contributed by atoms with Crippen molar-refractivity contribution < 1.29 is 18.3 Å². The van der Waals surface area contributed by atoms with Gasteiger partial charge in [-0.15, -0.1) is 0 Å². The molecule has 0 spiro atoms. The lowest BCUT2D eigenvalue weighted by Crippen LogP contribution is -2.29. The molecule has 8 nitrogen and oxygen atoms in total. The van der Waals surface area contributed by atoms with Crippen LogP contribution in [0.2, 0.25) is 0 Å². The molecule has 1 unspecified atom stereocenters. The zero-order valence-corrected chi connectivity index (χ0v) is 21.8. The van der Waals surface area contributed by atoms with Crippen molar-refractivity contribution in [3.05, 3.63) is 100 Å². The molecule has 0 fully saturated rings. The highest BCUT2D eigenvalue weighted by molar-refractivity contribution is 7.91. The molecular weight excluding hydrogens is 490 g/mol. The molecule has 37 heavy (non-hydrogen) atoms. The van der Waals surface area contributed by atoms with E-state index in [1.54, 1.807) is 24.4 Å². The lowest BCUT2D eigenvalue weighted by atomic mass is 10.1. The predicted octanol–water partition coefficient (Wildman–Crippen LogP) is 4.34. The largest absolute Gasteiger partial charge is 0.493 e. The zero-order valence-electron chi connectivity index (χ0n) is 21.0. The molecule has 1 N–H and O–H groups in total. The number of ether oxygens (including phenoxy) is 1. The van der Waals surface area contributed by atoms with Gasteiger partial charge in [-0.1, -0.05) is 55.5 Å². The number of rotatable bonds is 9. The number of sulfone groups is 1. The number of aryl methyl sites for hydroxylation is 2. The van der Waals surface area contributed by atoms with Gasteiger partial charge < -0.3 is 9.84 Å². The van der Waals surface area contributed by atoms with E-state index in [9.17, 15) is 18.3 Å². The van der Waals surface area contributed by atoms with Gasteiger partial charge in [-0.2, -0.15) is 4.98 Å². The molecule has 0 aliphatic rings. The van der Waals surface area contributed by atoms with Crippen LogP contribution in [0.15, 0.2) is 87.5 Å². The Balaban J connectivity index is 1.87. The summed E-state index contributed by atoms with van der Waals surface area (Å²) < 4.78 is 34.2. The third kappa shape index (κ3) is 5.19. The van der Waals surface area contributed by atoms with Crippen LogP contribution >= 0.6 is 0 Å². The molecular formula is C28H29N3O5S. The Bertz CT molecular complexity index is 1550. The average molecular weight is 520 g/mol. The molecule has 0 aliphatic heterocycles. The number of aromatic hydroxyl groups is 1. The van der Waals surface area contributed by atoms with Gasteiger partial charge in [0.05, 0.1) is 17.5 Å². The van der Waals surface area contributed by atoms with Gasteiger partial charge in [0.25, 0.3) is 5.56 Å². The fourth-order valence-corrected chi connectivity index (χ4v) is 5.73. The molecule has 4 rings (SSSR count). The lowest BCUT2D eigenvalue weighted by Gasteiger charge is -2.25. The Morgan fingerprint density at radius 1 is 1.03 bits per heavy atom. The van der Waals surface area contributed by atoms with E-state index in [4.69, 9.17) is 4.74 Å². The molecule has 0 aliphatic carbocycles. The Kier molecular flexibility index (Phi) is 7.85. The number of nitrogens with zero attached hydrogens (tertiary/aromatic N) is 3. The van der Waals surface area contributed by atoms with Gasteiger partial charge in [0.2, 0.25) is 15.7 Å². The number of benzene rings is 2. The number of aromatic nitrogens is 3. The van der Waals surface area contributed by atoms with Crippen molar-refractivity contribution in [3.8, 4) is 17.0 Å². The van der Waals surface area contributed by atoms with Crippen molar-refractivity contribution in [2.45, 2.75) is 42.5 Å². The van der Waals surface area contributed by atoms with Crippen molar-refractivity contribution in [2.75, 3.05) is 13.7 Å². The fraction of sp³-hybridized carbons (Fsp3) is 0.250. The molecule has 192 valence electrons. The van der Waals surface area contributed by atoms with Crippen molar-refractivity contribution in [2.24, 2.45) is 0 Å². The van der Waals surface area contributed by atoms with E-state index in [1.165, 1.54) is 23.8 Å². The molecule has 0 radical (unpaired) electrons. The van der Waals surface area contributed by atoms with Crippen LogP contribution in [0.25, 0.3) is 11.1 Å². The van der Waals surface area contributed by atoms with Gasteiger partial charge in [0, 0.05) is 31.0 Å². The monoisotopic (exact) mass is 519 g/mol. The van der Waals surface area contributed by atoms with Crippen molar-refractivity contribution >= 4 is 9.84 Å². The Labute approximate surface area is 216 Å². The molecule has 4 aromatic rings. The fourth-order valence-electron chi connectivity index (χ4n) is 4.39. The van der Waals surface area contributed by atoms with E-state index in [0.29, 0.717) is 12.8 Å². The normalized spacial score (nSPS) is 12.4. The Morgan fingerprint density at radius 2 is 1.73 bits per heavy atom. The van der Waals surface area contributed by atoms with Gasteiger partial charge in [-0.05, 0) is 42.7 Å². The van der Waals surface area contributed by atoms with E-state index in [1.807, 2.05) is 50.2 Å². The summed E-state index contributed by atoms with van der Waals surface area (Å²) in [7, 11) is -2.88. The Morgan fingerprint density at radius 3 is 2.35 bits per heavy atom. The zero-order chi connectivity index (χ0) is 26.6. The lowest BCUT2D eigenvalue weighted by molar-refractivity contribution is 0.161. The SMILES string of the molecule is CCCc1nc(=O)c(S(=O)(=O)c2ccc(-c3cccnc3C)cc2)c(O)n1C(COC)c1ccccc1. The maximum absolute atomic E-state index is 13.7. The number of pyridine rings is 1. The Hall–Kier alpha value is -3.82. The van der Waals surface area contributed by atoms with Gasteiger partial charge in [-0.25, -0.2) is 8.42 Å². The minimum Gasteiger partial charge on any atom is -0.493 e.